The normalized spacial score (nSPS) is 20.2. The highest BCUT2D eigenvalue weighted by molar-refractivity contribution is 6.03. The van der Waals surface area contributed by atoms with Crippen molar-refractivity contribution in [1.29, 1.82) is 0 Å². The third kappa shape index (κ3) is 11.2. The van der Waals surface area contributed by atoms with E-state index in [1.807, 2.05) is 27.9 Å². The zero-order valence-electron chi connectivity index (χ0n) is 29.3. The van der Waals surface area contributed by atoms with Gasteiger partial charge in [-0.25, -0.2) is 4.79 Å². The van der Waals surface area contributed by atoms with E-state index in [9.17, 15) is 19.5 Å². The maximum atomic E-state index is 14.3. The van der Waals surface area contributed by atoms with Gasteiger partial charge in [0.2, 0.25) is 5.91 Å². The minimum absolute atomic E-state index is 0.0528. The molecule has 2 heterocycles. The fraction of sp³-hybridized carbons (Fsp3) is 0.647. The van der Waals surface area contributed by atoms with Gasteiger partial charge in [0.1, 0.15) is 17.1 Å². The third-order valence-electron chi connectivity index (χ3n) is 8.46. The molecule has 4 atom stereocenters. The second-order valence-corrected chi connectivity index (χ2v) is 13.0. The molecular formula is C34H54N6O7. The van der Waals surface area contributed by atoms with E-state index < -0.39 is 12.1 Å². The first kappa shape index (κ1) is 37.8. The second-order valence-electron chi connectivity index (χ2n) is 13.0. The van der Waals surface area contributed by atoms with Crippen LogP contribution >= 0.6 is 0 Å². The van der Waals surface area contributed by atoms with Crippen molar-refractivity contribution >= 4 is 29.2 Å². The largest absolute Gasteiger partial charge is 0.490 e. The van der Waals surface area contributed by atoms with Crippen molar-refractivity contribution in [2.24, 2.45) is 5.92 Å². The van der Waals surface area contributed by atoms with Gasteiger partial charge in [0.15, 0.2) is 5.76 Å². The van der Waals surface area contributed by atoms with Crippen molar-refractivity contribution in [3.05, 3.63) is 35.2 Å². The molecule has 13 nitrogen and oxygen atoms in total. The number of anilines is 2. The first-order chi connectivity index (χ1) is 22.3. The fourth-order valence-electron chi connectivity index (χ4n) is 5.51. The lowest BCUT2D eigenvalue weighted by atomic mass is 10.0. The molecule has 3 N–H and O–H groups in total. The number of carbonyl (C=O) groups is 3. The van der Waals surface area contributed by atoms with E-state index in [-0.39, 0.29) is 48.7 Å². The highest BCUT2D eigenvalue weighted by atomic mass is 16.5. The first-order valence-electron chi connectivity index (χ1n) is 16.5. The Bertz CT molecular complexity index is 1310. The molecule has 0 bridgehead atoms. The molecule has 0 saturated heterocycles. The lowest BCUT2D eigenvalue weighted by Crippen LogP contribution is -2.48. The number of nitrogens with zero attached hydrogens (tertiary/aromatic N) is 4. The number of amides is 4. The zero-order chi connectivity index (χ0) is 34.7. The molecule has 0 saturated carbocycles. The van der Waals surface area contributed by atoms with Crippen LogP contribution in [0.25, 0.3) is 0 Å². The monoisotopic (exact) mass is 658 g/mol. The summed E-state index contributed by atoms with van der Waals surface area (Å²) in [6.45, 7) is 10.9. The van der Waals surface area contributed by atoms with Crippen LogP contribution in [-0.4, -0.2) is 115 Å². The molecule has 13 heteroatoms. The zero-order valence-corrected chi connectivity index (χ0v) is 29.3. The van der Waals surface area contributed by atoms with Gasteiger partial charge in [-0.1, -0.05) is 12.1 Å². The van der Waals surface area contributed by atoms with Gasteiger partial charge in [-0.2, -0.15) is 0 Å². The molecular weight excluding hydrogens is 604 g/mol. The Morgan fingerprint density at radius 1 is 1.15 bits per heavy atom. The highest BCUT2D eigenvalue weighted by Gasteiger charge is 2.31. The van der Waals surface area contributed by atoms with Crippen LogP contribution in [0.5, 0.6) is 5.75 Å². The van der Waals surface area contributed by atoms with E-state index in [0.717, 1.165) is 32.2 Å². The number of nitrogens with one attached hydrogen (secondary N) is 2. The van der Waals surface area contributed by atoms with Crippen molar-refractivity contribution in [2.45, 2.75) is 85.0 Å². The van der Waals surface area contributed by atoms with Crippen molar-refractivity contribution < 1.29 is 33.5 Å². The van der Waals surface area contributed by atoms with Crippen LogP contribution < -0.4 is 15.4 Å². The van der Waals surface area contributed by atoms with Gasteiger partial charge >= 0.3 is 6.03 Å². The number of ether oxygens (including phenoxy) is 2. The lowest BCUT2D eigenvalue weighted by molar-refractivity contribution is -0.132. The predicted molar refractivity (Wildman–Crippen MR) is 181 cm³/mol. The van der Waals surface area contributed by atoms with Gasteiger partial charge in [0.05, 0.1) is 30.4 Å². The van der Waals surface area contributed by atoms with Gasteiger partial charge in [-0.05, 0) is 92.2 Å². The van der Waals surface area contributed by atoms with Crippen LogP contribution in [0.1, 0.15) is 74.7 Å². The number of aliphatic hydroxyl groups excluding tert-OH is 1. The molecule has 3 rings (SSSR count). The Balaban J connectivity index is 1.88. The van der Waals surface area contributed by atoms with Gasteiger partial charge < -0.3 is 44.4 Å². The Kier molecular flexibility index (Phi) is 14.5. The SMILES string of the molecule is Cc1noc(C)c1NC(=O)Nc1ccc2c(c1)C(=O)N([C@@H](C)CO)C[C@@H](C)[C@@H](CN(C)C(=O)CCCN(C)C)OCCCC[C@@H](C)O2. The topological polar surface area (TPSA) is 150 Å². The van der Waals surface area contributed by atoms with Crippen LogP contribution in [-0.2, 0) is 9.53 Å². The highest BCUT2D eigenvalue weighted by Crippen LogP contribution is 2.29. The van der Waals surface area contributed by atoms with E-state index in [2.05, 4.69) is 20.7 Å². The van der Waals surface area contributed by atoms with Crippen LogP contribution in [0.15, 0.2) is 22.7 Å². The molecule has 0 unspecified atom stereocenters. The van der Waals surface area contributed by atoms with E-state index >= 15 is 0 Å². The van der Waals surface area contributed by atoms with Gasteiger partial charge in [0, 0.05) is 44.8 Å². The van der Waals surface area contributed by atoms with Crippen molar-refractivity contribution in [3.8, 4) is 5.75 Å². The number of aromatic nitrogens is 1. The molecule has 1 aliphatic rings. The Morgan fingerprint density at radius 2 is 1.89 bits per heavy atom. The van der Waals surface area contributed by atoms with Crippen molar-refractivity contribution in [2.75, 3.05) is 64.6 Å². The third-order valence-corrected chi connectivity index (χ3v) is 8.46. The van der Waals surface area contributed by atoms with Crippen LogP contribution in [0, 0.1) is 19.8 Å². The summed E-state index contributed by atoms with van der Waals surface area (Å²) in [6, 6.07) is 3.94. The van der Waals surface area contributed by atoms with Crippen LogP contribution in [0.4, 0.5) is 16.2 Å². The van der Waals surface area contributed by atoms with Gasteiger partial charge in [0.25, 0.3) is 5.91 Å². The van der Waals surface area contributed by atoms with Crippen LogP contribution in [0.2, 0.25) is 0 Å². The number of rotatable bonds is 10. The number of benzene rings is 1. The molecule has 1 aromatic heterocycles. The maximum Gasteiger partial charge on any atom is 0.323 e. The van der Waals surface area contributed by atoms with Crippen molar-refractivity contribution in [3.63, 3.8) is 0 Å². The fourth-order valence-corrected chi connectivity index (χ4v) is 5.51. The summed E-state index contributed by atoms with van der Waals surface area (Å²) < 4.78 is 17.8. The summed E-state index contributed by atoms with van der Waals surface area (Å²) in [5, 5.41) is 19.6. The van der Waals surface area contributed by atoms with E-state index in [4.69, 9.17) is 14.0 Å². The average Bonchev–Trinajstić information content (AvgIpc) is 3.34. The summed E-state index contributed by atoms with van der Waals surface area (Å²) in [5.74, 6) is 0.411. The number of aryl methyl sites for hydroxylation is 2. The van der Waals surface area contributed by atoms with Gasteiger partial charge in [-0.15, -0.1) is 0 Å². The average molecular weight is 659 g/mol. The smallest absolute Gasteiger partial charge is 0.323 e. The number of carbonyl (C=O) groups excluding carboxylic acids is 3. The number of hydrogen-bond acceptors (Lipinski definition) is 9. The summed E-state index contributed by atoms with van der Waals surface area (Å²) >= 11 is 0. The minimum Gasteiger partial charge on any atom is -0.490 e. The minimum atomic E-state index is -0.520. The van der Waals surface area contributed by atoms with E-state index in [1.54, 1.807) is 55.8 Å². The number of urea groups is 1. The lowest BCUT2D eigenvalue weighted by Gasteiger charge is -2.36. The van der Waals surface area contributed by atoms with Gasteiger partial charge in [-0.3, -0.25) is 9.59 Å². The molecule has 0 aliphatic carbocycles. The molecule has 2 aromatic rings. The molecule has 0 fully saturated rings. The molecule has 4 amide bonds. The summed E-state index contributed by atoms with van der Waals surface area (Å²) in [7, 11) is 5.77. The molecule has 0 radical (unpaired) electrons. The van der Waals surface area contributed by atoms with Crippen LogP contribution in [0.3, 0.4) is 0 Å². The Morgan fingerprint density at radius 3 is 2.55 bits per heavy atom. The quantitative estimate of drug-likeness (QED) is 0.335. The molecule has 1 aromatic carbocycles. The molecule has 47 heavy (non-hydrogen) atoms. The summed E-state index contributed by atoms with van der Waals surface area (Å²) in [6.07, 6.45) is 3.14. The molecule has 262 valence electrons. The summed E-state index contributed by atoms with van der Waals surface area (Å²) in [5.41, 5.74) is 1.68. The predicted octanol–water partition coefficient (Wildman–Crippen LogP) is 4.53. The number of hydrogen-bond donors (Lipinski definition) is 3. The van der Waals surface area contributed by atoms with E-state index in [0.29, 0.717) is 48.2 Å². The first-order valence-corrected chi connectivity index (χ1v) is 16.5. The Labute approximate surface area is 278 Å². The number of fused-ring (bicyclic) bond motifs is 1. The standard InChI is InChI=1S/C34H54N6O7/c1-22-19-40(23(2)21-41)33(43)28-18-27(35-34(44)36-32-25(4)37-47-26(32)5)14-15-29(28)46-24(3)12-9-10-17-45-30(22)20-39(8)31(42)13-11-16-38(6)7/h14-15,18,22-24,30,41H,9-13,16-17,19-21H2,1-8H3,(H2,35,36,44)/t22-,23+,24-,30-/m1/s1. The van der Waals surface area contributed by atoms with E-state index in [1.165, 1.54) is 0 Å². The molecule has 0 spiro atoms. The summed E-state index contributed by atoms with van der Waals surface area (Å²) in [4.78, 5) is 45.6. The maximum absolute atomic E-state index is 14.3. The number of aliphatic hydroxyl groups is 1. The number of likely N-dealkylation sites (N-methyl/N-ethyl adjacent to an activating group) is 1. The second kappa shape index (κ2) is 18.0. The van der Waals surface area contributed by atoms with Crippen molar-refractivity contribution in [1.82, 2.24) is 19.9 Å². The Hall–Kier alpha value is -3.68. The molecule has 1 aliphatic heterocycles.